The second kappa shape index (κ2) is 6.18. The van der Waals surface area contributed by atoms with Gasteiger partial charge in [0.15, 0.2) is 0 Å². The summed E-state index contributed by atoms with van der Waals surface area (Å²) in [5.41, 5.74) is 2.28. The van der Waals surface area contributed by atoms with E-state index < -0.39 is 0 Å². The van der Waals surface area contributed by atoms with E-state index in [1.807, 2.05) is 26.1 Å². The summed E-state index contributed by atoms with van der Waals surface area (Å²) in [5, 5.41) is 6.33. The van der Waals surface area contributed by atoms with Crippen LogP contribution in [0, 0.1) is 6.92 Å². The second-order valence-electron chi connectivity index (χ2n) is 4.66. The molecule has 0 aliphatic heterocycles. The molecule has 0 saturated carbocycles. The SMILES string of the molecule is CNc1nc(C)cc(NCC(C)c2ccccc2)n1. The predicted octanol–water partition coefficient (Wildman–Crippen LogP) is 3.04. The van der Waals surface area contributed by atoms with Crippen molar-refractivity contribution in [2.24, 2.45) is 0 Å². The summed E-state index contributed by atoms with van der Waals surface area (Å²) in [5.74, 6) is 1.95. The standard InChI is InChI=1S/C15H20N4/c1-11(13-7-5-4-6-8-13)10-17-14-9-12(2)18-15(16-3)19-14/h4-9,11H,10H2,1-3H3,(H2,16,17,18,19). The molecule has 0 aliphatic carbocycles. The molecule has 0 spiro atoms. The van der Waals surface area contributed by atoms with Crippen molar-refractivity contribution in [3.63, 3.8) is 0 Å². The van der Waals surface area contributed by atoms with Crippen LogP contribution in [0.2, 0.25) is 0 Å². The van der Waals surface area contributed by atoms with Crippen molar-refractivity contribution in [3.05, 3.63) is 47.7 Å². The maximum Gasteiger partial charge on any atom is 0.224 e. The highest BCUT2D eigenvalue weighted by Gasteiger charge is 2.06. The van der Waals surface area contributed by atoms with Gasteiger partial charge in [0.25, 0.3) is 0 Å². The van der Waals surface area contributed by atoms with E-state index in [9.17, 15) is 0 Å². The Kier molecular flexibility index (Phi) is 4.34. The molecule has 100 valence electrons. The summed E-state index contributed by atoms with van der Waals surface area (Å²) in [6.07, 6.45) is 0. The first kappa shape index (κ1) is 13.3. The lowest BCUT2D eigenvalue weighted by molar-refractivity contribution is 0.800. The quantitative estimate of drug-likeness (QED) is 0.863. The van der Waals surface area contributed by atoms with Gasteiger partial charge >= 0.3 is 0 Å². The van der Waals surface area contributed by atoms with Crippen LogP contribution in [0.1, 0.15) is 24.1 Å². The minimum atomic E-state index is 0.439. The fourth-order valence-electron chi connectivity index (χ4n) is 1.93. The third-order valence-electron chi connectivity index (χ3n) is 3.04. The largest absolute Gasteiger partial charge is 0.369 e. The third kappa shape index (κ3) is 3.68. The molecule has 19 heavy (non-hydrogen) atoms. The van der Waals surface area contributed by atoms with E-state index >= 15 is 0 Å². The topological polar surface area (TPSA) is 49.8 Å². The molecular formula is C15H20N4. The monoisotopic (exact) mass is 256 g/mol. The molecule has 1 aromatic heterocycles. The Labute approximate surface area is 114 Å². The van der Waals surface area contributed by atoms with Crippen LogP contribution in [0.3, 0.4) is 0 Å². The number of hydrogen-bond donors (Lipinski definition) is 2. The van der Waals surface area contributed by atoms with Crippen molar-refractivity contribution in [2.45, 2.75) is 19.8 Å². The minimum absolute atomic E-state index is 0.439. The van der Waals surface area contributed by atoms with Gasteiger partial charge in [-0.2, -0.15) is 4.98 Å². The summed E-state index contributed by atoms with van der Waals surface area (Å²) in [6.45, 7) is 5.02. The molecule has 2 rings (SSSR count). The molecule has 0 bridgehead atoms. The Bertz CT molecular complexity index is 525. The van der Waals surface area contributed by atoms with E-state index in [2.05, 4.69) is 51.8 Å². The third-order valence-corrected chi connectivity index (χ3v) is 3.04. The Morgan fingerprint density at radius 3 is 2.58 bits per heavy atom. The van der Waals surface area contributed by atoms with Crippen LogP contribution in [-0.2, 0) is 0 Å². The number of aryl methyl sites for hydroxylation is 1. The first-order chi connectivity index (χ1) is 9.19. The van der Waals surface area contributed by atoms with Gasteiger partial charge in [0, 0.05) is 25.4 Å². The summed E-state index contributed by atoms with van der Waals surface area (Å²) < 4.78 is 0. The highest BCUT2D eigenvalue weighted by Crippen LogP contribution is 2.16. The maximum absolute atomic E-state index is 4.38. The van der Waals surface area contributed by atoms with Gasteiger partial charge in [0.1, 0.15) is 5.82 Å². The van der Waals surface area contributed by atoms with Gasteiger partial charge in [-0.1, -0.05) is 37.3 Å². The first-order valence-corrected chi connectivity index (χ1v) is 6.51. The van der Waals surface area contributed by atoms with Crippen molar-refractivity contribution in [1.29, 1.82) is 0 Å². The van der Waals surface area contributed by atoms with Gasteiger partial charge in [-0.15, -0.1) is 0 Å². The van der Waals surface area contributed by atoms with Crippen LogP contribution in [0.5, 0.6) is 0 Å². The van der Waals surface area contributed by atoms with Crippen molar-refractivity contribution >= 4 is 11.8 Å². The minimum Gasteiger partial charge on any atom is -0.369 e. The molecular weight excluding hydrogens is 236 g/mol. The van der Waals surface area contributed by atoms with Gasteiger partial charge in [-0.25, -0.2) is 4.98 Å². The highest BCUT2D eigenvalue weighted by atomic mass is 15.1. The van der Waals surface area contributed by atoms with Crippen LogP contribution in [-0.4, -0.2) is 23.6 Å². The molecule has 2 aromatic rings. The zero-order valence-electron chi connectivity index (χ0n) is 11.6. The molecule has 2 N–H and O–H groups in total. The van der Waals surface area contributed by atoms with Crippen molar-refractivity contribution in [2.75, 3.05) is 24.2 Å². The lowest BCUT2D eigenvalue weighted by atomic mass is 10.0. The summed E-state index contributed by atoms with van der Waals surface area (Å²) >= 11 is 0. The molecule has 1 heterocycles. The van der Waals surface area contributed by atoms with Crippen LogP contribution in [0.15, 0.2) is 36.4 Å². The molecule has 4 heteroatoms. The number of nitrogens with zero attached hydrogens (tertiary/aromatic N) is 2. The van der Waals surface area contributed by atoms with Crippen molar-refractivity contribution in [1.82, 2.24) is 9.97 Å². The fraction of sp³-hybridized carbons (Fsp3) is 0.333. The van der Waals surface area contributed by atoms with E-state index in [-0.39, 0.29) is 0 Å². The number of hydrogen-bond acceptors (Lipinski definition) is 4. The van der Waals surface area contributed by atoms with Gasteiger partial charge in [0.2, 0.25) is 5.95 Å². The van der Waals surface area contributed by atoms with Crippen LogP contribution in [0.25, 0.3) is 0 Å². The maximum atomic E-state index is 4.38. The number of anilines is 2. The molecule has 0 amide bonds. The Morgan fingerprint density at radius 2 is 1.89 bits per heavy atom. The van der Waals surface area contributed by atoms with Crippen LogP contribution >= 0.6 is 0 Å². The van der Waals surface area contributed by atoms with E-state index in [4.69, 9.17) is 0 Å². The smallest absolute Gasteiger partial charge is 0.224 e. The van der Waals surface area contributed by atoms with E-state index in [1.165, 1.54) is 5.56 Å². The van der Waals surface area contributed by atoms with Gasteiger partial charge in [-0.3, -0.25) is 0 Å². The number of rotatable bonds is 5. The Morgan fingerprint density at radius 1 is 1.16 bits per heavy atom. The number of benzene rings is 1. The molecule has 4 nitrogen and oxygen atoms in total. The fourth-order valence-corrected chi connectivity index (χ4v) is 1.93. The van der Waals surface area contributed by atoms with Gasteiger partial charge < -0.3 is 10.6 Å². The average Bonchev–Trinajstić information content (AvgIpc) is 2.45. The normalized spacial score (nSPS) is 11.9. The summed E-state index contributed by atoms with van der Waals surface area (Å²) in [4.78, 5) is 8.66. The van der Waals surface area contributed by atoms with Crippen LogP contribution in [0.4, 0.5) is 11.8 Å². The molecule has 1 atom stereocenters. The number of nitrogens with one attached hydrogen (secondary N) is 2. The van der Waals surface area contributed by atoms with Crippen molar-refractivity contribution in [3.8, 4) is 0 Å². The summed E-state index contributed by atoms with van der Waals surface area (Å²) in [7, 11) is 1.82. The Balaban J connectivity index is 2.01. The second-order valence-corrected chi connectivity index (χ2v) is 4.66. The van der Waals surface area contributed by atoms with Crippen LogP contribution < -0.4 is 10.6 Å². The zero-order valence-corrected chi connectivity index (χ0v) is 11.6. The van der Waals surface area contributed by atoms with Gasteiger partial charge in [0.05, 0.1) is 0 Å². The molecule has 0 aliphatic rings. The molecule has 0 radical (unpaired) electrons. The molecule has 0 saturated heterocycles. The van der Waals surface area contributed by atoms with Crippen molar-refractivity contribution < 1.29 is 0 Å². The zero-order chi connectivity index (χ0) is 13.7. The first-order valence-electron chi connectivity index (χ1n) is 6.51. The lowest BCUT2D eigenvalue weighted by Crippen LogP contribution is -2.12. The predicted molar refractivity (Wildman–Crippen MR) is 79.7 cm³/mol. The van der Waals surface area contributed by atoms with E-state index in [0.29, 0.717) is 11.9 Å². The molecule has 1 unspecified atom stereocenters. The molecule has 0 fully saturated rings. The summed E-state index contributed by atoms with van der Waals surface area (Å²) in [6, 6.07) is 12.4. The van der Waals surface area contributed by atoms with E-state index in [1.54, 1.807) is 0 Å². The van der Waals surface area contributed by atoms with E-state index in [0.717, 1.165) is 18.1 Å². The highest BCUT2D eigenvalue weighted by molar-refractivity contribution is 5.42. The Hall–Kier alpha value is -2.10. The lowest BCUT2D eigenvalue weighted by Gasteiger charge is -2.14. The van der Waals surface area contributed by atoms with Gasteiger partial charge in [-0.05, 0) is 18.4 Å². The number of aromatic nitrogens is 2. The molecule has 1 aromatic carbocycles. The average molecular weight is 256 g/mol.